The molecule has 4 aliphatic rings. The number of imide groups is 2. The first-order valence-corrected chi connectivity index (χ1v) is 10.3. The van der Waals surface area contributed by atoms with Gasteiger partial charge in [0.05, 0.1) is 18.2 Å². The lowest BCUT2D eigenvalue weighted by atomic mass is 9.89. The maximum absolute atomic E-state index is 13.0. The summed E-state index contributed by atoms with van der Waals surface area (Å²) in [7, 11) is 1.38. The Balaban J connectivity index is 1.42. The van der Waals surface area contributed by atoms with E-state index in [2.05, 4.69) is 10.6 Å². The molecule has 1 unspecified atom stereocenters. The molecule has 10 nitrogen and oxygen atoms in total. The van der Waals surface area contributed by atoms with E-state index >= 15 is 0 Å². The first kappa shape index (κ1) is 19.7. The van der Waals surface area contributed by atoms with Gasteiger partial charge in [0.15, 0.2) is 0 Å². The number of hydrogen-bond acceptors (Lipinski definition) is 8. The summed E-state index contributed by atoms with van der Waals surface area (Å²) >= 11 is 0. The zero-order valence-corrected chi connectivity index (χ0v) is 17.0. The fourth-order valence-corrected chi connectivity index (χ4v) is 5.26. The molecule has 31 heavy (non-hydrogen) atoms. The Morgan fingerprint density at radius 2 is 1.90 bits per heavy atom. The topological polar surface area (TPSA) is 125 Å². The van der Waals surface area contributed by atoms with Crippen LogP contribution in [0.25, 0.3) is 0 Å². The maximum Gasteiger partial charge on any atom is 0.328 e. The van der Waals surface area contributed by atoms with E-state index in [9.17, 15) is 24.0 Å². The van der Waals surface area contributed by atoms with Gasteiger partial charge in [-0.2, -0.15) is 0 Å². The molecule has 0 radical (unpaired) electrons. The van der Waals surface area contributed by atoms with Crippen LogP contribution in [0.3, 0.4) is 0 Å². The SMILES string of the molecule is COC(=O)[C@]12CN(c3ccc4c(c3)C(=O)N(C3CCC(=O)NC3=O)C4=O)C[C@H]1CCN2. The molecule has 0 spiro atoms. The highest BCUT2D eigenvalue weighted by molar-refractivity contribution is 6.23. The molecule has 0 bridgehead atoms. The highest BCUT2D eigenvalue weighted by atomic mass is 16.5. The number of carbonyl (C=O) groups excluding carboxylic acids is 5. The van der Waals surface area contributed by atoms with Crippen LogP contribution in [0.1, 0.15) is 40.0 Å². The quantitative estimate of drug-likeness (QED) is 0.486. The van der Waals surface area contributed by atoms with E-state index in [1.165, 1.54) is 7.11 Å². The molecule has 2 N–H and O–H groups in total. The zero-order chi connectivity index (χ0) is 21.9. The molecular weight excluding hydrogens is 404 g/mol. The average Bonchev–Trinajstić information content (AvgIpc) is 3.39. The molecule has 0 saturated carbocycles. The van der Waals surface area contributed by atoms with Crippen LogP contribution >= 0.6 is 0 Å². The van der Waals surface area contributed by atoms with E-state index < -0.39 is 35.2 Å². The van der Waals surface area contributed by atoms with Gasteiger partial charge in [-0.05, 0) is 37.6 Å². The lowest BCUT2D eigenvalue weighted by molar-refractivity contribution is -0.148. The molecule has 4 heterocycles. The number of esters is 1. The van der Waals surface area contributed by atoms with Crippen LogP contribution in [0.4, 0.5) is 5.69 Å². The fraction of sp³-hybridized carbons (Fsp3) is 0.476. The molecule has 3 saturated heterocycles. The van der Waals surface area contributed by atoms with Crippen molar-refractivity contribution in [3.05, 3.63) is 29.3 Å². The van der Waals surface area contributed by atoms with E-state index in [4.69, 9.17) is 4.74 Å². The van der Waals surface area contributed by atoms with Crippen molar-refractivity contribution in [1.82, 2.24) is 15.5 Å². The average molecular weight is 426 g/mol. The van der Waals surface area contributed by atoms with Crippen LogP contribution in [-0.4, -0.2) is 72.8 Å². The highest BCUT2D eigenvalue weighted by Crippen LogP contribution is 2.39. The van der Waals surface area contributed by atoms with Crippen molar-refractivity contribution in [2.45, 2.75) is 30.8 Å². The first-order valence-electron chi connectivity index (χ1n) is 10.3. The Labute approximate surface area is 177 Å². The predicted octanol–water partition coefficient (Wildman–Crippen LogP) is -0.571. The molecule has 3 atom stereocenters. The van der Waals surface area contributed by atoms with Crippen LogP contribution in [0.15, 0.2) is 18.2 Å². The number of piperidine rings is 1. The summed E-state index contributed by atoms with van der Waals surface area (Å²) in [5.74, 6) is -2.33. The molecule has 10 heteroatoms. The number of fused-ring (bicyclic) bond motifs is 2. The largest absolute Gasteiger partial charge is 0.468 e. The van der Waals surface area contributed by atoms with E-state index in [0.717, 1.165) is 23.6 Å². The standard InChI is InChI=1S/C21H22N4O6/c1-31-20(30)21-10-24(9-11(21)6-7-22-21)12-2-3-13-14(8-12)19(29)25(18(13)28)15-4-5-16(26)23-17(15)27/h2-3,8,11,15,22H,4-7,9-10H2,1H3,(H,23,26,27)/t11-,15?,21+/m1/s1. The van der Waals surface area contributed by atoms with Gasteiger partial charge < -0.3 is 15.0 Å². The predicted molar refractivity (Wildman–Crippen MR) is 106 cm³/mol. The monoisotopic (exact) mass is 426 g/mol. The summed E-state index contributed by atoms with van der Waals surface area (Å²) in [6, 6.07) is 3.99. The minimum absolute atomic E-state index is 0.0762. The number of benzene rings is 1. The van der Waals surface area contributed by atoms with Crippen LogP contribution < -0.4 is 15.5 Å². The van der Waals surface area contributed by atoms with Gasteiger partial charge in [-0.15, -0.1) is 0 Å². The Kier molecular flexibility index (Phi) is 4.37. The maximum atomic E-state index is 13.0. The number of ether oxygens (including phenoxy) is 1. The number of methoxy groups -OCH3 is 1. The van der Waals surface area contributed by atoms with Crippen molar-refractivity contribution in [3.63, 3.8) is 0 Å². The molecule has 4 amide bonds. The molecule has 3 fully saturated rings. The molecule has 1 aromatic rings. The van der Waals surface area contributed by atoms with Crippen molar-refractivity contribution in [3.8, 4) is 0 Å². The van der Waals surface area contributed by atoms with Crippen LogP contribution in [0.2, 0.25) is 0 Å². The normalized spacial score (nSPS) is 29.8. The molecule has 5 rings (SSSR count). The first-order chi connectivity index (χ1) is 14.9. The highest BCUT2D eigenvalue weighted by Gasteiger charge is 2.56. The van der Waals surface area contributed by atoms with Crippen molar-refractivity contribution in [2.75, 3.05) is 31.6 Å². The summed E-state index contributed by atoms with van der Waals surface area (Å²) in [4.78, 5) is 65.0. The Bertz CT molecular complexity index is 1040. The molecule has 1 aromatic carbocycles. The molecule has 0 aromatic heterocycles. The summed E-state index contributed by atoms with van der Waals surface area (Å²) in [6.07, 6.45) is 1.04. The molecule has 4 aliphatic heterocycles. The molecular formula is C21H22N4O6. The number of hydrogen-bond donors (Lipinski definition) is 2. The van der Waals surface area contributed by atoms with Gasteiger partial charge in [0.2, 0.25) is 11.8 Å². The van der Waals surface area contributed by atoms with Gasteiger partial charge in [-0.3, -0.25) is 29.4 Å². The Hall–Kier alpha value is -3.27. The third kappa shape index (κ3) is 2.78. The van der Waals surface area contributed by atoms with E-state index in [1.807, 2.05) is 4.90 Å². The van der Waals surface area contributed by atoms with Gasteiger partial charge in [0, 0.05) is 31.1 Å². The van der Waals surface area contributed by atoms with E-state index in [0.29, 0.717) is 13.1 Å². The number of rotatable bonds is 3. The van der Waals surface area contributed by atoms with Crippen molar-refractivity contribution >= 4 is 35.3 Å². The fourth-order valence-electron chi connectivity index (χ4n) is 5.26. The van der Waals surface area contributed by atoms with Crippen molar-refractivity contribution in [1.29, 1.82) is 0 Å². The third-order valence-electron chi connectivity index (χ3n) is 6.85. The second-order valence-electron chi connectivity index (χ2n) is 8.43. The Morgan fingerprint density at radius 1 is 1.13 bits per heavy atom. The van der Waals surface area contributed by atoms with Gasteiger partial charge >= 0.3 is 5.97 Å². The lowest BCUT2D eigenvalue weighted by Crippen LogP contribution is -2.54. The molecule has 162 valence electrons. The number of amides is 4. The van der Waals surface area contributed by atoms with E-state index in [1.54, 1.807) is 18.2 Å². The summed E-state index contributed by atoms with van der Waals surface area (Å²) < 4.78 is 5.03. The minimum atomic E-state index is -0.994. The zero-order valence-electron chi connectivity index (χ0n) is 17.0. The lowest BCUT2D eigenvalue weighted by Gasteiger charge is -2.27. The van der Waals surface area contributed by atoms with Crippen LogP contribution in [0.5, 0.6) is 0 Å². The second-order valence-corrected chi connectivity index (χ2v) is 8.43. The summed E-state index contributed by atoms with van der Waals surface area (Å²) in [5, 5.41) is 5.48. The number of nitrogens with zero attached hydrogens (tertiary/aromatic N) is 2. The number of nitrogens with one attached hydrogen (secondary N) is 2. The van der Waals surface area contributed by atoms with Crippen molar-refractivity contribution < 1.29 is 28.7 Å². The summed E-state index contributed by atoms with van der Waals surface area (Å²) in [6.45, 7) is 1.77. The van der Waals surface area contributed by atoms with Gasteiger partial charge in [0.25, 0.3) is 11.8 Å². The number of carbonyl (C=O) groups is 5. The molecule has 0 aliphatic carbocycles. The van der Waals surface area contributed by atoms with E-state index in [-0.39, 0.29) is 35.9 Å². The van der Waals surface area contributed by atoms with Gasteiger partial charge in [-0.1, -0.05) is 0 Å². The number of anilines is 1. The van der Waals surface area contributed by atoms with Crippen LogP contribution in [-0.2, 0) is 19.1 Å². The third-order valence-corrected chi connectivity index (χ3v) is 6.85. The van der Waals surface area contributed by atoms with Gasteiger partial charge in [0.1, 0.15) is 11.6 Å². The minimum Gasteiger partial charge on any atom is -0.468 e. The van der Waals surface area contributed by atoms with Gasteiger partial charge in [-0.25, -0.2) is 4.79 Å². The Morgan fingerprint density at radius 3 is 2.65 bits per heavy atom. The smallest absolute Gasteiger partial charge is 0.328 e. The summed E-state index contributed by atoms with van der Waals surface area (Å²) in [5.41, 5.74) is 0.416. The van der Waals surface area contributed by atoms with Crippen LogP contribution in [0, 0.1) is 5.92 Å². The second kappa shape index (κ2) is 6.88. The van der Waals surface area contributed by atoms with Crippen molar-refractivity contribution in [2.24, 2.45) is 5.92 Å².